The number of aromatic nitrogens is 1. The smallest absolute Gasteiger partial charge is 0.317 e. The quantitative estimate of drug-likeness (QED) is 0.664. The van der Waals surface area contributed by atoms with E-state index in [4.69, 9.17) is 5.73 Å². The van der Waals surface area contributed by atoms with Crippen LogP contribution in [0.25, 0.3) is 0 Å². The number of thiazole rings is 1. The Morgan fingerprint density at radius 1 is 1.32 bits per heavy atom. The van der Waals surface area contributed by atoms with Gasteiger partial charge in [-0.3, -0.25) is 4.79 Å². The monoisotopic (exact) mass is 405 g/mol. The fourth-order valence-corrected chi connectivity index (χ4v) is 3.98. The van der Waals surface area contributed by atoms with E-state index in [1.807, 2.05) is 13.8 Å². The minimum Gasteiger partial charge on any atom is -0.382 e. The van der Waals surface area contributed by atoms with Crippen LogP contribution in [-0.4, -0.2) is 46.9 Å². The van der Waals surface area contributed by atoms with Crippen LogP contribution in [0, 0.1) is 5.82 Å². The fraction of sp³-hybridized carbons (Fsp3) is 0.421. The van der Waals surface area contributed by atoms with Gasteiger partial charge in [-0.25, -0.2) is 14.2 Å². The predicted octanol–water partition coefficient (Wildman–Crippen LogP) is 3.09. The van der Waals surface area contributed by atoms with Crippen molar-refractivity contribution < 1.29 is 14.0 Å². The Kier molecular flexibility index (Phi) is 6.13. The Labute approximate surface area is 167 Å². The number of carbonyl (C=O) groups excluding carboxylic acids is 2. The van der Waals surface area contributed by atoms with E-state index in [-0.39, 0.29) is 35.3 Å². The third-order valence-electron chi connectivity index (χ3n) is 4.47. The second kappa shape index (κ2) is 8.55. The summed E-state index contributed by atoms with van der Waals surface area (Å²) >= 11 is 1.17. The van der Waals surface area contributed by atoms with E-state index >= 15 is 0 Å². The summed E-state index contributed by atoms with van der Waals surface area (Å²) in [5.74, 6) is -0.682. The molecule has 1 aliphatic rings. The highest BCUT2D eigenvalue weighted by molar-refractivity contribution is 7.18. The fourth-order valence-electron chi connectivity index (χ4n) is 3.06. The number of nitrogens with one attached hydrogen (secondary N) is 2. The van der Waals surface area contributed by atoms with E-state index in [9.17, 15) is 14.0 Å². The largest absolute Gasteiger partial charge is 0.382 e. The van der Waals surface area contributed by atoms with Crippen LogP contribution in [0.2, 0.25) is 0 Å². The van der Waals surface area contributed by atoms with Gasteiger partial charge in [-0.15, -0.1) is 0 Å². The normalized spacial score (nSPS) is 14.9. The van der Waals surface area contributed by atoms with E-state index in [1.165, 1.54) is 29.5 Å². The number of anilines is 2. The summed E-state index contributed by atoms with van der Waals surface area (Å²) in [6, 6.07) is 5.72. The number of carbonyl (C=O) groups is 2. The molecule has 1 aliphatic heterocycles. The molecule has 1 fully saturated rings. The number of hydrogen-bond acceptors (Lipinski definition) is 6. The zero-order valence-electron chi connectivity index (χ0n) is 15.9. The van der Waals surface area contributed by atoms with Crippen molar-refractivity contribution in [3.05, 3.63) is 40.5 Å². The van der Waals surface area contributed by atoms with Gasteiger partial charge in [0.05, 0.1) is 0 Å². The molecule has 2 heterocycles. The van der Waals surface area contributed by atoms with Gasteiger partial charge in [0.1, 0.15) is 16.5 Å². The molecule has 0 spiro atoms. The number of benzene rings is 1. The standard InChI is InChI=1S/C19H24FN5O2S/c1-11(2)22-19(27)25-8-6-14(7-9-25)23-18-24-17(21)16(28-18)15(26)12-4-3-5-13(20)10-12/h3-5,10-11,14H,6-9,21H2,1-2H3,(H,22,27)(H,23,24). The van der Waals surface area contributed by atoms with E-state index in [2.05, 4.69) is 15.6 Å². The van der Waals surface area contributed by atoms with Crippen molar-refractivity contribution in [2.24, 2.45) is 0 Å². The summed E-state index contributed by atoms with van der Waals surface area (Å²) in [5.41, 5.74) is 6.16. The molecule has 9 heteroatoms. The number of likely N-dealkylation sites (tertiary alicyclic amines) is 1. The van der Waals surface area contributed by atoms with Crippen molar-refractivity contribution in [1.29, 1.82) is 0 Å². The summed E-state index contributed by atoms with van der Waals surface area (Å²) < 4.78 is 13.4. The summed E-state index contributed by atoms with van der Waals surface area (Å²) in [7, 11) is 0. The topological polar surface area (TPSA) is 100 Å². The van der Waals surface area contributed by atoms with Crippen LogP contribution < -0.4 is 16.4 Å². The van der Waals surface area contributed by atoms with Gasteiger partial charge in [-0.05, 0) is 38.8 Å². The zero-order chi connectivity index (χ0) is 20.3. The highest BCUT2D eigenvalue weighted by Gasteiger charge is 2.25. The molecule has 1 saturated heterocycles. The molecule has 2 aromatic rings. The van der Waals surface area contributed by atoms with E-state index in [1.54, 1.807) is 11.0 Å². The molecule has 2 amide bonds. The third kappa shape index (κ3) is 4.78. The Morgan fingerprint density at radius 3 is 2.68 bits per heavy atom. The highest BCUT2D eigenvalue weighted by atomic mass is 32.1. The number of nitrogens with zero attached hydrogens (tertiary/aromatic N) is 2. The van der Waals surface area contributed by atoms with Crippen LogP contribution in [0.4, 0.5) is 20.1 Å². The van der Waals surface area contributed by atoms with Crippen molar-refractivity contribution >= 4 is 34.1 Å². The lowest BCUT2D eigenvalue weighted by Gasteiger charge is -2.32. The van der Waals surface area contributed by atoms with Crippen LogP contribution in [0.5, 0.6) is 0 Å². The summed E-state index contributed by atoms with van der Waals surface area (Å²) in [5, 5.41) is 6.76. The third-order valence-corrected chi connectivity index (χ3v) is 5.47. The van der Waals surface area contributed by atoms with Gasteiger partial charge in [0, 0.05) is 30.7 Å². The van der Waals surface area contributed by atoms with Crippen LogP contribution in [0.3, 0.4) is 0 Å². The maximum Gasteiger partial charge on any atom is 0.317 e. The number of amides is 2. The van der Waals surface area contributed by atoms with Gasteiger partial charge < -0.3 is 21.3 Å². The molecule has 0 bridgehead atoms. The summed E-state index contributed by atoms with van der Waals surface area (Å²) in [6.07, 6.45) is 1.55. The van der Waals surface area contributed by atoms with Crippen molar-refractivity contribution in [1.82, 2.24) is 15.2 Å². The van der Waals surface area contributed by atoms with Crippen molar-refractivity contribution in [2.45, 2.75) is 38.8 Å². The van der Waals surface area contributed by atoms with E-state index in [0.717, 1.165) is 12.8 Å². The lowest BCUT2D eigenvalue weighted by Crippen LogP contribution is -2.48. The lowest BCUT2D eigenvalue weighted by atomic mass is 10.1. The molecule has 1 aromatic heterocycles. The molecule has 0 aliphatic carbocycles. The molecule has 0 saturated carbocycles. The lowest BCUT2D eigenvalue weighted by molar-refractivity contribution is 0.104. The molecule has 7 nitrogen and oxygen atoms in total. The number of rotatable bonds is 5. The first-order chi connectivity index (χ1) is 13.3. The SMILES string of the molecule is CC(C)NC(=O)N1CCC(Nc2nc(N)c(C(=O)c3cccc(F)c3)s2)CC1. The van der Waals surface area contributed by atoms with Crippen LogP contribution in [0.15, 0.2) is 24.3 Å². The van der Waals surface area contributed by atoms with E-state index < -0.39 is 5.82 Å². The minimum absolute atomic E-state index is 0.0464. The molecular weight excluding hydrogens is 381 g/mol. The first-order valence-electron chi connectivity index (χ1n) is 9.22. The van der Waals surface area contributed by atoms with Crippen LogP contribution in [-0.2, 0) is 0 Å². The van der Waals surface area contributed by atoms with Crippen molar-refractivity contribution in [3.63, 3.8) is 0 Å². The Balaban J connectivity index is 1.60. The van der Waals surface area contributed by atoms with Gasteiger partial charge in [-0.1, -0.05) is 23.5 Å². The number of ketones is 1. The molecule has 3 rings (SSSR count). The van der Waals surface area contributed by atoms with Gasteiger partial charge >= 0.3 is 6.03 Å². The van der Waals surface area contributed by atoms with E-state index in [0.29, 0.717) is 23.1 Å². The number of piperidine rings is 1. The number of nitrogens with two attached hydrogens (primary N) is 1. The molecule has 4 N–H and O–H groups in total. The Bertz CT molecular complexity index is 862. The van der Waals surface area contributed by atoms with Crippen LogP contribution in [0.1, 0.15) is 41.9 Å². The molecule has 150 valence electrons. The number of halogens is 1. The van der Waals surface area contributed by atoms with Gasteiger partial charge in [0.2, 0.25) is 5.78 Å². The number of hydrogen-bond donors (Lipinski definition) is 3. The predicted molar refractivity (Wildman–Crippen MR) is 108 cm³/mol. The first-order valence-corrected chi connectivity index (χ1v) is 10.0. The first kappa shape index (κ1) is 20.1. The summed E-state index contributed by atoms with van der Waals surface area (Å²) in [4.78, 5) is 31.0. The molecule has 0 atom stereocenters. The zero-order valence-corrected chi connectivity index (χ0v) is 16.7. The molecule has 28 heavy (non-hydrogen) atoms. The molecular formula is C19H24FN5O2S. The second-order valence-electron chi connectivity index (χ2n) is 7.08. The van der Waals surface area contributed by atoms with Gasteiger partial charge in [-0.2, -0.15) is 0 Å². The minimum atomic E-state index is -0.472. The highest BCUT2D eigenvalue weighted by Crippen LogP contribution is 2.29. The maximum atomic E-state index is 13.4. The van der Waals surface area contributed by atoms with Gasteiger partial charge in [0.15, 0.2) is 5.13 Å². The Morgan fingerprint density at radius 2 is 2.04 bits per heavy atom. The number of nitrogen functional groups attached to an aromatic ring is 1. The maximum absolute atomic E-state index is 13.4. The molecule has 1 aromatic carbocycles. The molecule has 0 radical (unpaired) electrons. The van der Waals surface area contributed by atoms with Gasteiger partial charge in [0.25, 0.3) is 0 Å². The van der Waals surface area contributed by atoms with Crippen molar-refractivity contribution in [2.75, 3.05) is 24.1 Å². The average Bonchev–Trinajstić information content (AvgIpc) is 3.01. The second-order valence-corrected chi connectivity index (χ2v) is 8.08. The van der Waals surface area contributed by atoms with Crippen LogP contribution >= 0.6 is 11.3 Å². The Hall–Kier alpha value is -2.68. The average molecular weight is 405 g/mol. The number of urea groups is 1. The summed E-state index contributed by atoms with van der Waals surface area (Å²) in [6.45, 7) is 5.15. The molecule has 0 unspecified atom stereocenters. The van der Waals surface area contributed by atoms with Crippen molar-refractivity contribution in [3.8, 4) is 0 Å².